The van der Waals surface area contributed by atoms with Crippen LogP contribution in [0.15, 0.2) is 125 Å². The van der Waals surface area contributed by atoms with Crippen molar-refractivity contribution in [3.8, 4) is 5.88 Å². The lowest BCUT2D eigenvalue weighted by molar-refractivity contribution is -0.142. The first-order chi connectivity index (χ1) is 25.8. The lowest BCUT2D eigenvalue weighted by atomic mass is 10.2. The molecule has 270 valence electrons. The number of esters is 1. The number of carbonyl (C=O) groups excluding carboxylic acids is 3. The molecule has 2 aromatic heterocycles. The van der Waals surface area contributed by atoms with E-state index in [0.717, 1.165) is 15.6 Å². The van der Waals surface area contributed by atoms with E-state index in [4.69, 9.17) is 24.2 Å². The normalized spacial score (nSPS) is 10.9. The number of thioether (sulfide) groups is 1. The highest BCUT2D eigenvalue weighted by Crippen LogP contribution is 2.34. The quantitative estimate of drug-likeness (QED) is 0.0603. The molecule has 0 radical (unpaired) electrons. The van der Waals surface area contributed by atoms with E-state index in [1.807, 2.05) is 91.0 Å². The molecule has 6 rings (SSSR count). The maximum Gasteiger partial charge on any atom is 0.425 e. The molecule has 0 atom stereocenters. The molecule has 0 aliphatic heterocycles. The smallest absolute Gasteiger partial charge is 0.425 e. The van der Waals surface area contributed by atoms with E-state index >= 15 is 0 Å². The molecule has 0 aliphatic rings. The molecule has 0 aliphatic carbocycles. The van der Waals surface area contributed by atoms with Crippen LogP contribution in [0.2, 0.25) is 0 Å². The number of hydrogen-bond acceptors (Lipinski definition) is 10. The molecule has 0 saturated carbocycles. The van der Waals surface area contributed by atoms with Gasteiger partial charge in [-0.25, -0.2) is 14.7 Å². The Bertz CT molecular complexity index is 2150. The van der Waals surface area contributed by atoms with Gasteiger partial charge in [0.25, 0.3) is 5.88 Å². The first-order valence-corrected chi connectivity index (χ1v) is 18.4. The van der Waals surface area contributed by atoms with Gasteiger partial charge in [-0.15, -0.1) is 0 Å². The van der Waals surface area contributed by atoms with Gasteiger partial charge in [0, 0.05) is 24.1 Å². The topological polar surface area (TPSA) is 129 Å². The van der Waals surface area contributed by atoms with E-state index in [-0.39, 0.29) is 55.4 Å². The lowest BCUT2D eigenvalue weighted by Crippen LogP contribution is -2.31. The van der Waals surface area contributed by atoms with Crippen molar-refractivity contribution in [2.24, 2.45) is 0 Å². The monoisotopic (exact) mass is 794 g/mol. The fraction of sp³-hybridized carbons (Fsp3) is 0.179. The van der Waals surface area contributed by atoms with Crippen molar-refractivity contribution in [2.75, 3.05) is 23.0 Å². The predicted molar refractivity (Wildman–Crippen MR) is 206 cm³/mol. The minimum atomic E-state index is -0.751. The van der Waals surface area contributed by atoms with Gasteiger partial charge in [0.1, 0.15) is 13.3 Å². The summed E-state index contributed by atoms with van der Waals surface area (Å²) in [4.78, 5) is 56.1. The third-order valence-electron chi connectivity index (χ3n) is 7.78. The second-order valence-electron chi connectivity index (χ2n) is 11.5. The predicted octanol–water partition coefficient (Wildman–Crippen LogP) is 8.31. The van der Waals surface area contributed by atoms with Crippen LogP contribution >= 0.6 is 27.7 Å². The molecule has 2 heterocycles. The van der Waals surface area contributed by atoms with E-state index in [9.17, 15) is 14.4 Å². The summed E-state index contributed by atoms with van der Waals surface area (Å²) in [5.74, 6) is -0.348. The van der Waals surface area contributed by atoms with Gasteiger partial charge < -0.3 is 14.2 Å². The molecule has 6 aromatic rings. The van der Waals surface area contributed by atoms with Crippen LogP contribution in [0.4, 0.5) is 22.1 Å². The standard InChI is InChI=1S/C39H35BrN6O6S/c1-27(47)44(24-30-16-12-13-21-33(30)40)37-42-35-34(36(43-37)52-39(49)46(31-17-8-4-9-18-31)32-19-10-5-11-20-32)41-38(53-25-29-14-6-3-7-15-29)45(35)26-50-22-23-51-28(2)48/h3-21H,22-26H2,1-2H3. The summed E-state index contributed by atoms with van der Waals surface area (Å²) in [7, 11) is 0. The number of hydrogen-bond donors (Lipinski definition) is 0. The fourth-order valence-electron chi connectivity index (χ4n) is 5.25. The SMILES string of the molecule is CC(=O)OCCOCn1c(SCc2ccccc2)nc2c(OC(=O)N(c3ccccc3)c3ccccc3)nc(N(Cc3ccccc3Br)C(C)=O)nc21. The van der Waals surface area contributed by atoms with Crippen molar-refractivity contribution < 1.29 is 28.6 Å². The number of ether oxygens (including phenoxy) is 3. The summed E-state index contributed by atoms with van der Waals surface area (Å²) in [6.45, 7) is 2.98. The summed E-state index contributed by atoms with van der Waals surface area (Å²) in [6, 6.07) is 35.6. The average molecular weight is 796 g/mol. The minimum absolute atomic E-state index is 0.00445. The molecule has 0 spiro atoms. The second-order valence-corrected chi connectivity index (χ2v) is 13.3. The number of imidazole rings is 1. The average Bonchev–Trinajstić information content (AvgIpc) is 3.52. The Morgan fingerprint density at radius 2 is 1.40 bits per heavy atom. The highest BCUT2D eigenvalue weighted by Gasteiger charge is 2.28. The molecular weight excluding hydrogens is 760 g/mol. The Balaban J connectivity index is 1.47. The molecule has 0 fully saturated rings. The maximum atomic E-state index is 14.3. The summed E-state index contributed by atoms with van der Waals surface area (Å²) < 4.78 is 19.7. The molecule has 4 aromatic carbocycles. The molecule has 2 amide bonds. The van der Waals surface area contributed by atoms with Gasteiger partial charge >= 0.3 is 12.1 Å². The molecule has 0 saturated heterocycles. The van der Waals surface area contributed by atoms with Crippen LogP contribution in [0.3, 0.4) is 0 Å². The first kappa shape index (κ1) is 37.2. The van der Waals surface area contributed by atoms with Crippen molar-refractivity contribution in [2.45, 2.75) is 38.0 Å². The number of benzene rings is 4. The van der Waals surface area contributed by atoms with Gasteiger partial charge in [0.15, 0.2) is 16.3 Å². The second kappa shape index (κ2) is 17.8. The summed E-state index contributed by atoms with van der Waals surface area (Å²) in [6.07, 6.45) is -0.751. The first-order valence-electron chi connectivity index (χ1n) is 16.6. The Morgan fingerprint density at radius 3 is 2.02 bits per heavy atom. The highest BCUT2D eigenvalue weighted by atomic mass is 79.9. The minimum Gasteiger partial charge on any atom is -0.463 e. The highest BCUT2D eigenvalue weighted by molar-refractivity contribution is 9.10. The van der Waals surface area contributed by atoms with Crippen molar-refractivity contribution >= 4 is 74.1 Å². The molecule has 53 heavy (non-hydrogen) atoms. The van der Waals surface area contributed by atoms with Crippen molar-refractivity contribution in [3.63, 3.8) is 0 Å². The number of rotatable bonds is 14. The van der Waals surface area contributed by atoms with Crippen molar-refractivity contribution in [3.05, 3.63) is 131 Å². The zero-order valence-corrected chi connectivity index (χ0v) is 31.3. The number of anilines is 3. The van der Waals surface area contributed by atoms with Gasteiger partial charge in [0.05, 0.1) is 24.5 Å². The zero-order valence-electron chi connectivity index (χ0n) is 28.9. The largest absolute Gasteiger partial charge is 0.463 e. The third kappa shape index (κ3) is 9.46. The van der Waals surface area contributed by atoms with Crippen LogP contribution < -0.4 is 14.5 Å². The van der Waals surface area contributed by atoms with Gasteiger partial charge in [-0.3, -0.25) is 19.1 Å². The Kier molecular flexibility index (Phi) is 12.5. The number of nitrogens with zero attached hydrogens (tertiary/aromatic N) is 6. The van der Waals surface area contributed by atoms with Crippen LogP contribution in [0.1, 0.15) is 25.0 Å². The number of amides is 2. The van der Waals surface area contributed by atoms with Gasteiger partial charge in [-0.1, -0.05) is 113 Å². The Morgan fingerprint density at radius 1 is 0.774 bits per heavy atom. The van der Waals surface area contributed by atoms with Crippen LogP contribution in [-0.4, -0.2) is 50.7 Å². The van der Waals surface area contributed by atoms with Crippen LogP contribution in [0, 0.1) is 0 Å². The molecule has 14 heteroatoms. The van der Waals surface area contributed by atoms with E-state index in [0.29, 0.717) is 22.3 Å². The molecule has 0 bridgehead atoms. The van der Waals surface area contributed by atoms with E-state index in [1.165, 1.54) is 35.4 Å². The Labute approximate surface area is 318 Å². The molecule has 0 N–H and O–H groups in total. The van der Waals surface area contributed by atoms with Gasteiger partial charge in [-0.2, -0.15) is 9.97 Å². The number of aromatic nitrogens is 4. The summed E-state index contributed by atoms with van der Waals surface area (Å²) >= 11 is 5.01. The van der Waals surface area contributed by atoms with Gasteiger partial charge in [-0.05, 0) is 41.5 Å². The number of para-hydroxylation sites is 2. The van der Waals surface area contributed by atoms with E-state index < -0.39 is 12.1 Å². The van der Waals surface area contributed by atoms with Crippen LogP contribution in [-0.2, 0) is 38.1 Å². The lowest BCUT2D eigenvalue weighted by Gasteiger charge is -2.23. The fourth-order valence-corrected chi connectivity index (χ4v) is 6.60. The number of halogens is 1. The van der Waals surface area contributed by atoms with Crippen molar-refractivity contribution in [1.29, 1.82) is 0 Å². The molecular formula is C39H35BrN6O6S. The molecule has 0 unspecified atom stereocenters. The maximum absolute atomic E-state index is 14.3. The summed E-state index contributed by atoms with van der Waals surface area (Å²) in [5.41, 5.74) is 3.46. The Hall–Kier alpha value is -5.57. The van der Waals surface area contributed by atoms with Crippen LogP contribution in [0.25, 0.3) is 11.2 Å². The van der Waals surface area contributed by atoms with Gasteiger partial charge in [0.2, 0.25) is 11.9 Å². The van der Waals surface area contributed by atoms with Crippen molar-refractivity contribution in [1.82, 2.24) is 19.5 Å². The van der Waals surface area contributed by atoms with Crippen LogP contribution in [0.5, 0.6) is 5.88 Å². The van der Waals surface area contributed by atoms with E-state index in [1.54, 1.807) is 28.8 Å². The third-order valence-corrected chi connectivity index (χ3v) is 9.60. The number of fused-ring (bicyclic) bond motifs is 1. The number of carbonyl (C=O) groups is 3. The van der Waals surface area contributed by atoms with E-state index in [2.05, 4.69) is 20.9 Å². The molecule has 12 nitrogen and oxygen atoms in total. The zero-order chi connectivity index (χ0) is 37.2. The summed E-state index contributed by atoms with van der Waals surface area (Å²) in [5, 5.41) is 0.503.